The molecule has 0 radical (unpaired) electrons. The molecule has 0 unspecified atom stereocenters. The van der Waals surface area contributed by atoms with Gasteiger partial charge in [0.15, 0.2) is 0 Å². The van der Waals surface area contributed by atoms with Crippen LogP contribution in [-0.2, 0) is 18.9 Å². The summed E-state index contributed by atoms with van der Waals surface area (Å²) in [5.74, 6) is 0. The highest BCUT2D eigenvalue weighted by molar-refractivity contribution is 8.26. The molecule has 3 saturated heterocycles. The van der Waals surface area contributed by atoms with Gasteiger partial charge in [-0.05, 0) is 0 Å². The van der Waals surface area contributed by atoms with E-state index >= 15 is 0 Å². The lowest BCUT2D eigenvalue weighted by Gasteiger charge is -2.36. The number of morpholine rings is 2. The van der Waals surface area contributed by atoms with Crippen LogP contribution in [-0.4, -0.2) is 95.1 Å². The summed E-state index contributed by atoms with van der Waals surface area (Å²) in [6.45, 7) is 7.42. The van der Waals surface area contributed by atoms with Crippen molar-refractivity contribution in [2.24, 2.45) is 0 Å². The Bertz CT molecular complexity index is 404. The monoisotopic (exact) mass is 410 g/mol. The molecule has 0 bridgehead atoms. The highest BCUT2D eigenvalue weighted by atomic mass is 32.2. The molecule has 24 heavy (non-hydrogen) atoms. The smallest absolute Gasteiger partial charge is 0.145 e. The second kappa shape index (κ2) is 9.86. The SMILES string of the molecule is S=C(S[C@H]1OCCO[C@@H]1SC(=S)N1CCOCC1)N1CCOCC1. The molecule has 2 atom stereocenters. The maximum atomic E-state index is 5.91. The van der Waals surface area contributed by atoms with Crippen molar-refractivity contribution in [1.82, 2.24) is 9.80 Å². The molecule has 3 rings (SSSR count). The van der Waals surface area contributed by atoms with E-state index in [1.54, 1.807) is 23.5 Å². The number of nitrogens with zero attached hydrogens (tertiary/aromatic N) is 2. The van der Waals surface area contributed by atoms with Gasteiger partial charge in [-0.25, -0.2) is 0 Å². The Labute approximate surface area is 161 Å². The van der Waals surface area contributed by atoms with Gasteiger partial charge in [-0.2, -0.15) is 0 Å². The first-order chi connectivity index (χ1) is 11.7. The zero-order valence-corrected chi connectivity index (χ0v) is 16.7. The van der Waals surface area contributed by atoms with E-state index in [-0.39, 0.29) is 10.9 Å². The van der Waals surface area contributed by atoms with Crippen LogP contribution in [0.5, 0.6) is 0 Å². The molecule has 10 heteroatoms. The van der Waals surface area contributed by atoms with Gasteiger partial charge < -0.3 is 28.7 Å². The molecule has 0 aliphatic carbocycles. The first-order valence-corrected chi connectivity index (χ1v) is 10.6. The Morgan fingerprint density at radius 3 is 1.42 bits per heavy atom. The molecular weight excluding hydrogens is 388 g/mol. The lowest BCUT2D eigenvalue weighted by Crippen LogP contribution is -2.43. The first kappa shape index (κ1) is 19.1. The van der Waals surface area contributed by atoms with Crippen LogP contribution in [0.4, 0.5) is 0 Å². The van der Waals surface area contributed by atoms with Gasteiger partial charge in [0.05, 0.1) is 39.6 Å². The highest BCUT2D eigenvalue weighted by Gasteiger charge is 2.33. The van der Waals surface area contributed by atoms with Crippen molar-refractivity contribution in [2.45, 2.75) is 10.9 Å². The third-order valence-corrected chi connectivity index (χ3v) is 7.26. The Balaban J connectivity index is 1.52. The Morgan fingerprint density at radius 2 is 1.04 bits per heavy atom. The molecule has 0 aromatic rings. The topological polar surface area (TPSA) is 43.4 Å². The van der Waals surface area contributed by atoms with Crippen LogP contribution in [0.1, 0.15) is 0 Å². The molecule has 0 spiro atoms. The van der Waals surface area contributed by atoms with E-state index in [0.29, 0.717) is 13.2 Å². The number of ether oxygens (including phenoxy) is 4. The third kappa shape index (κ3) is 5.41. The van der Waals surface area contributed by atoms with Crippen molar-refractivity contribution in [3.63, 3.8) is 0 Å². The van der Waals surface area contributed by atoms with E-state index in [4.69, 9.17) is 43.4 Å². The average molecular weight is 411 g/mol. The molecule has 3 heterocycles. The minimum absolute atomic E-state index is 0.141. The van der Waals surface area contributed by atoms with Crippen LogP contribution >= 0.6 is 48.0 Å². The molecular formula is C14H22N2O4S4. The summed E-state index contributed by atoms with van der Waals surface area (Å²) >= 11 is 14.3. The van der Waals surface area contributed by atoms with Gasteiger partial charge in [0.1, 0.15) is 19.5 Å². The van der Waals surface area contributed by atoms with E-state index in [2.05, 4.69) is 9.80 Å². The molecule has 3 aliphatic heterocycles. The van der Waals surface area contributed by atoms with Gasteiger partial charge >= 0.3 is 0 Å². The Morgan fingerprint density at radius 1 is 0.667 bits per heavy atom. The largest absolute Gasteiger partial charge is 0.378 e. The maximum Gasteiger partial charge on any atom is 0.145 e. The lowest BCUT2D eigenvalue weighted by atomic mass is 10.5. The number of hydrogen-bond acceptors (Lipinski definition) is 8. The summed E-state index contributed by atoms with van der Waals surface area (Å²) in [6, 6.07) is 0. The molecule has 0 amide bonds. The van der Waals surface area contributed by atoms with E-state index in [1.807, 2.05) is 0 Å². The van der Waals surface area contributed by atoms with Crippen LogP contribution in [0.3, 0.4) is 0 Å². The summed E-state index contributed by atoms with van der Waals surface area (Å²) in [5.41, 5.74) is -0.281. The molecule has 0 aromatic heterocycles. The summed E-state index contributed by atoms with van der Waals surface area (Å²) in [4.78, 5) is 4.34. The van der Waals surface area contributed by atoms with Crippen LogP contribution < -0.4 is 0 Å². The molecule has 0 aromatic carbocycles. The highest BCUT2D eigenvalue weighted by Crippen LogP contribution is 2.33. The lowest BCUT2D eigenvalue weighted by molar-refractivity contribution is -0.0655. The van der Waals surface area contributed by atoms with Crippen molar-refractivity contribution in [1.29, 1.82) is 0 Å². The van der Waals surface area contributed by atoms with Crippen molar-refractivity contribution in [3.05, 3.63) is 0 Å². The van der Waals surface area contributed by atoms with Crippen molar-refractivity contribution >= 4 is 56.6 Å². The van der Waals surface area contributed by atoms with Crippen molar-refractivity contribution < 1.29 is 18.9 Å². The van der Waals surface area contributed by atoms with E-state index in [0.717, 1.165) is 61.2 Å². The second-order valence-electron chi connectivity index (χ2n) is 5.44. The Kier molecular flexibility index (Phi) is 7.85. The van der Waals surface area contributed by atoms with Gasteiger partial charge in [-0.15, -0.1) is 0 Å². The van der Waals surface area contributed by atoms with Crippen LogP contribution in [0, 0.1) is 0 Å². The molecule has 6 nitrogen and oxygen atoms in total. The van der Waals surface area contributed by atoms with Crippen LogP contribution in [0.25, 0.3) is 0 Å². The fourth-order valence-corrected chi connectivity index (χ4v) is 5.54. The summed E-state index contributed by atoms with van der Waals surface area (Å²) in [6.07, 6.45) is 0. The zero-order chi connectivity index (χ0) is 16.8. The molecule has 136 valence electrons. The van der Waals surface area contributed by atoms with Crippen LogP contribution in [0.15, 0.2) is 0 Å². The van der Waals surface area contributed by atoms with Crippen molar-refractivity contribution in [2.75, 3.05) is 65.8 Å². The maximum absolute atomic E-state index is 5.91. The molecule has 0 saturated carbocycles. The fraction of sp³-hybridized carbons (Fsp3) is 0.857. The zero-order valence-electron chi connectivity index (χ0n) is 13.4. The summed E-state index contributed by atoms with van der Waals surface area (Å²) in [5, 5.41) is 0. The minimum atomic E-state index is -0.141. The van der Waals surface area contributed by atoms with Gasteiger partial charge in [-0.3, -0.25) is 0 Å². The average Bonchev–Trinajstić information content (AvgIpc) is 2.64. The van der Waals surface area contributed by atoms with Gasteiger partial charge in [0, 0.05) is 26.2 Å². The second-order valence-corrected chi connectivity index (χ2v) is 8.91. The van der Waals surface area contributed by atoms with E-state index in [1.165, 1.54) is 0 Å². The van der Waals surface area contributed by atoms with Gasteiger partial charge in [0.25, 0.3) is 0 Å². The summed E-state index contributed by atoms with van der Waals surface area (Å²) < 4.78 is 24.3. The number of thiocarbonyl (C=S) groups is 2. The molecule has 3 fully saturated rings. The normalized spacial score (nSPS) is 28.7. The number of hydrogen-bond donors (Lipinski definition) is 0. The van der Waals surface area contributed by atoms with Gasteiger partial charge in [-0.1, -0.05) is 48.0 Å². The predicted octanol–water partition coefficient (Wildman–Crippen LogP) is 1.39. The predicted molar refractivity (Wildman–Crippen MR) is 105 cm³/mol. The van der Waals surface area contributed by atoms with E-state index in [9.17, 15) is 0 Å². The van der Waals surface area contributed by atoms with Crippen LogP contribution in [0.2, 0.25) is 0 Å². The Hall–Kier alpha value is 0.320. The standard InChI is InChI=1S/C14H22N2O4S4/c21-13(15-1-5-17-6-2-15)23-11-12(20-10-9-19-11)24-14(22)16-3-7-18-8-4-16/h11-12H,1-10H2/t11-,12-/m1/s1. The first-order valence-electron chi connectivity index (χ1n) is 8.04. The quantitative estimate of drug-likeness (QED) is 0.624. The van der Waals surface area contributed by atoms with E-state index < -0.39 is 0 Å². The van der Waals surface area contributed by atoms with Crippen molar-refractivity contribution in [3.8, 4) is 0 Å². The molecule has 3 aliphatic rings. The fourth-order valence-electron chi connectivity index (χ4n) is 2.50. The number of thioether (sulfide) groups is 2. The number of rotatable bonds is 2. The van der Waals surface area contributed by atoms with Gasteiger partial charge in [0.2, 0.25) is 0 Å². The third-order valence-electron chi connectivity index (χ3n) is 3.84. The molecule has 0 N–H and O–H groups in total. The minimum Gasteiger partial charge on any atom is -0.378 e. The summed E-state index contributed by atoms with van der Waals surface area (Å²) in [7, 11) is 0.